The van der Waals surface area contributed by atoms with Crippen LogP contribution in [0.25, 0.3) is 6.08 Å². The highest BCUT2D eigenvalue weighted by molar-refractivity contribution is 8.18. The molecule has 0 bridgehead atoms. The molecule has 0 atom stereocenters. The summed E-state index contributed by atoms with van der Waals surface area (Å²) in [4.78, 5) is 27.0. The van der Waals surface area contributed by atoms with E-state index in [-0.39, 0.29) is 11.1 Å². The Morgan fingerprint density at radius 3 is 2.47 bits per heavy atom. The number of ether oxygens (including phenoxy) is 2. The highest BCUT2D eigenvalue weighted by Gasteiger charge is 2.34. The SMILES string of the molecule is COc1cc(/C=C2/SC(=O)N(CCCc3ccccc3)C2=O)ccc1OCc1cccc(C)c1. The second-order valence-corrected chi connectivity index (χ2v) is 9.10. The molecule has 3 aromatic rings. The van der Waals surface area contributed by atoms with Crippen molar-refractivity contribution in [3.63, 3.8) is 0 Å². The number of thioether (sulfide) groups is 1. The largest absolute Gasteiger partial charge is 0.493 e. The summed E-state index contributed by atoms with van der Waals surface area (Å²) in [7, 11) is 1.58. The van der Waals surface area contributed by atoms with Crippen LogP contribution >= 0.6 is 11.8 Å². The number of methoxy groups -OCH3 is 1. The van der Waals surface area contributed by atoms with Crippen LogP contribution in [0.15, 0.2) is 77.7 Å². The predicted molar refractivity (Wildman–Crippen MR) is 136 cm³/mol. The number of hydrogen-bond acceptors (Lipinski definition) is 5. The Kier molecular flexibility index (Phi) is 7.70. The van der Waals surface area contributed by atoms with Gasteiger partial charge in [0, 0.05) is 6.54 Å². The Labute approximate surface area is 204 Å². The molecule has 6 heteroatoms. The summed E-state index contributed by atoms with van der Waals surface area (Å²) in [6.07, 6.45) is 3.29. The van der Waals surface area contributed by atoms with Gasteiger partial charge in [-0.2, -0.15) is 0 Å². The number of hydrogen-bond donors (Lipinski definition) is 0. The Hall–Kier alpha value is -3.51. The fourth-order valence-corrected chi connectivity index (χ4v) is 4.65. The van der Waals surface area contributed by atoms with Crippen LogP contribution in [-0.2, 0) is 17.8 Å². The van der Waals surface area contributed by atoms with Crippen molar-refractivity contribution in [2.24, 2.45) is 0 Å². The average molecular weight is 474 g/mol. The van der Waals surface area contributed by atoms with Crippen LogP contribution in [0, 0.1) is 6.92 Å². The lowest BCUT2D eigenvalue weighted by atomic mass is 10.1. The molecule has 1 fully saturated rings. The van der Waals surface area contributed by atoms with Crippen molar-refractivity contribution >= 4 is 29.0 Å². The molecule has 0 radical (unpaired) electrons. The predicted octanol–water partition coefficient (Wildman–Crippen LogP) is 6.25. The Bertz CT molecular complexity index is 1210. The minimum Gasteiger partial charge on any atom is -0.493 e. The molecule has 0 aliphatic carbocycles. The number of nitrogens with zero attached hydrogens (tertiary/aromatic N) is 1. The zero-order chi connectivity index (χ0) is 23.9. The molecule has 0 unspecified atom stereocenters. The molecule has 5 nitrogen and oxygen atoms in total. The van der Waals surface area contributed by atoms with Crippen molar-refractivity contribution in [1.29, 1.82) is 0 Å². The van der Waals surface area contributed by atoms with Crippen molar-refractivity contribution in [2.45, 2.75) is 26.4 Å². The molecule has 4 rings (SSSR count). The zero-order valence-corrected chi connectivity index (χ0v) is 20.1. The normalized spacial score (nSPS) is 14.6. The fraction of sp³-hybridized carbons (Fsp3) is 0.214. The smallest absolute Gasteiger partial charge is 0.293 e. The number of imide groups is 1. The van der Waals surface area contributed by atoms with Gasteiger partial charge in [-0.25, -0.2) is 0 Å². The maximum absolute atomic E-state index is 12.8. The van der Waals surface area contributed by atoms with E-state index >= 15 is 0 Å². The van der Waals surface area contributed by atoms with E-state index in [1.807, 2.05) is 61.5 Å². The molecule has 3 aromatic carbocycles. The topological polar surface area (TPSA) is 55.8 Å². The van der Waals surface area contributed by atoms with Gasteiger partial charge in [0.2, 0.25) is 0 Å². The highest BCUT2D eigenvalue weighted by Crippen LogP contribution is 2.35. The third-order valence-electron chi connectivity index (χ3n) is 5.53. The molecular weight excluding hydrogens is 446 g/mol. The number of benzene rings is 3. The Balaban J connectivity index is 1.40. The third-order valence-corrected chi connectivity index (χ3v) is 6.43. The van der Waals surface area contributed by atoms with Gasteiger partial charge in [-0.15, -0.1) is 0 Å². The summed E-state index contributed by atoms with van der Waals surface area (Å²) in [5.41, 5.74) is 4.22. The summed E-state index contributed by atoms with van der Waals surface area (Å²) < 4.78 is 11.5. The summed E-state index contributed by atoms with van der Waals surface area (Å²) in [6.45, 7) is 2.88. The van der Waals surface area contributed by atoms with Crippen molar-refractivity contribution < 1.29 is 19.1 Å². The van der Waals surface area contributed by atoms with Crippen LogP contribution in [0.1, 0.15) is 28.7 Å². The number of carbonyl (C=O) groups excluding carboxylic acids is 2. The first-order valence-electron chi connectivity index (χ1n) is 11.2. The second kappa shape index (κ2) is 11.1. The molecule has 1 heterocycles. The van der Waals surface area contributed by atoms with Crippen LogP contribution in [0.5, 0.6) is 11.5 Å². The maximum atomic E-state index is 12.8. The van der Waals surface area contributed by atoms with E-state index in [1.165, 1.54) is 16.0 Å². The molecule has 34 heavy (non-hydrogen) atoms. The van der Waals surface area contributed by atoms with Crippen molar-refractivity contribution in [3.05, 3.63) is 100.0 Å². The minimum absolute atomic E-state index is 0.227. The summed E-state index contributed by atoms with van der Waals surface area (Å²) in [5, 5.41) is -0.227. The first-order valence-corrected chi connectivity index (χ1v) is 12.0. The van der Waals surface area contributed by atoms with Gasteiger partial charge in [-0.05, 0) is 66.4 Å². The number of aryl methyl sites for hydroxylation is 2. The van der Waals surface area contributed by atoms with E-state index in [0.29, 0.717) is 29.6 Å². The molecule has 174 valence electrons. The summed E-state index contributed by atoms with van der Waals surface area (Å²) in [6, 6.07) is 23.7. The molecule has 0 spiro atoms. The number of rotatable bonds is 9. The van der Waals surface area contributed by atoms with E-state index in [4.69, 9.17) is 9.47 Å². The molecule has 0 N–H and O–H groups in total. The van der Waals surface area contributed by atoms with E-state index in [1.54, 1.807) is 13.2 Å². The van der Waals surface area contributed by atoms with Crippen molar-refractivity contribution in [3.8, 4) is 11.5 Å². The molecule has 0 saturated carbocycles. The summed E-state index contributed by atoms with van der Waals surface area (Å²) >= 11 is 0.976. The van der Waals surface area contributed by atoms with E-state index in [0.717, 1.165) is 35.7 Å². The van der Waals surface area contributed by atoms with Crippen LogP contribution in [0.3, 0.4) is 0 Å². The van der Waals surface area contributed by atoms with Gasteiger partial charge in [-0.1, -0.05) is 66.2 Å². The van der Waals surface area contributed by atoms with Gasteiger partial charge in [0.05, 0.1) is 12.0 Å². The monoisotopic (exact) mass is 473 g/mol. The van der Waals surface area contributed by atoms with Gasteiger partial charge < -0.3 is 9.47 Å². The molecule has 0 aromatic heterocycles. The molecule has 2 amide bonds. The fourth-order valence-electron chi connectivity index (χ4n) is 3.79. The Morgan fingerprint density at radius 1 is 0.912 bits per heavy atom. The van der Waals surface area contributed by atoms with Crippen LogP contribution in [0.2, 0.25) is 0 Å². The average Bonchev–Trinajstić information content (AvgIpc) is 3.11. The zero-order valence-electron chi connectivity index (χ0n) is 19.3. The molecule has 1 saturated heterocycles. The highest BCUT2D eigenvalue weighted by atomic mass is 32.2. The first kappa shape index (κ1) is 23.6. The van der Waals surface area contributed by atoms with Gasteiger partial charge in [0.15, 0.2) is 11.5 Å². The van der Waals surface area contributed by atoms with E-state index in [9.17, 15) is 9.59 Å². The van der Waals surface area contributed by atoms with Crippen LogP contribution in [0.4, 0.5) is 4.79 Å². The lowest BCUT2D eigenvalue weighted by molar-refractivity contribution is -0.122. The second-order valence-electron chi connectivity index (χ2n) is 8.11. The van der Waals surface area contributed by atoms with Gasteiger partial charge in [0.1, 0.15) is 6.61 Å². The minimum atomic E-state index is -0.248. The lowest BCUT2D eigenvalue weighted by Gasteiger charge is -2.12. The Morgan fingerprint density at radius 2 is 1.71 bits per heavy atom. The maximum Gasteiger partial charge on any atom is 0.293 e. The standard InChI is InChI=1S/C28H27NO4S/c1-20-8-6-11-23(16-20)19-33-24-14-13-22(17-25(24)32-2)18-26-27(30)29(28(31)34-26)15-7-12-21-9-4-3-5-10-21/h3-6,8-11,13-14,16-18H,7,12,15,19H2,1-2H3/b26-18+. The quantitative estimate of drug-likeness (QED) is 0.344. The third kappa shape index (κ3) is 5.88. The number of carbonyl (C=O) groups is 2. The van der Waals surface area contributed by atoms with Crippen LogP contribution < -0.4 is 9.47 Å². The lowest BCUT2D eigenvalue weighted by Crippen LogP contribution is -2.29. The first-order chi connectivity index (χ1) is 16.5. The molecule has 1 aliphatic rings. The number of amides is 2. The van der Waals surface area contributed by atoms with Gasteiger partial charge in [0.25, 0.3) is 11.1 Å². The van der Waals surface area contributed by atoms with Gasteiger partial charge >= 0.3 is 0 Å². The molecule has 1 aliphatic heterocycles. The van der Waals surface area contributed by atoms with Gasteiger partial charge in [-0.3, -0.25) is 14.5 Å². The van der Waals surface area contributed by atoms with Crippen molar-refractivity contribution in [1.82, 2.24) is 4.90 Å². The molecular formula is C28H27NO4S. The van der Waals surface area contributed by atoms with E-state index in [2.05, 4.69) is 18.2 Å². The summed E-state index contributed by atoms with van der Waals surface area (Å²) in [5.74, 6) is 0.945. The van der Waals surface area contributed by atoms with Crippen LogP contribution in [-0.4, -0.2) is 29.7 Å². The van der Waals surface area contributed by atoms with Crippen molar-refractivity contribution in [2.75, 3.05) is 13.7 Å². The van der Waals surface area contributed by atoms with E-state index < -0.39 is 0 Å².